The molecule has 2 rings (SSSR count). The highest BCUT2D eigenvalue weighted by Crippen LogP contribution is 2.23. The molecule has 1 heterocycles. The Labute approximate surface area is 115 Å². The molecule has 0 radical (unpaired) electrons. The maximum atomic E-state index is 8.54. The van der Waals surface area contributed by atoms with Crippen LogP contribution in [0.1, 0.15) is 6.92 Å². The van der Waals surface area contributed by atoms with Crippen molar-refractivity contribution in [1.82, 2.24) is 14.9 Å². The molecular weight excluding hydrogens is 262 g/mol. The van der Waals surface area contributed by atoms with Crippen molar-refractivity contribution in [2.75, 3.05) is 18.2 Å². The molecule has 2 N–H and O–H groups in total. The van der Waals surface area contributed by atoms with Crippen LogP contribution in [0.25, 0.3) is 11.4 Å². The molecule has 0 aliphatic heterocycles. The summed E-state index contributed by atoms with van der Waals surface area (Å²) in [6.45, 7) is 2.56. The van der Waals surface area contributed by atoms with Gasteiger partial charge in [-0.3, -0.25) is 0 Å². The van der Waals surface area contributed by atoms with E-state index < -0.39 is 0 Å². The van der Waals surface area contributed by atoms with Gasteiger partial charge in [0.05, 0.1) is 18.4 Å². The van der Waals surface area contributed by atoms with Crippen LogP contribution >= 0.6 is 11.8 Å². The molecule has 1 aromatic carbocycles. The van der Waals surface area contributed by atoms with Crippen LogP contribution < -0.4 is 10.6 Å². The van der Waals surface area contributed by atoms with Gasteiger partial charge in [0.15, 0.2) is 5.82 Å². The fourth-order valence-electron chi connectivity index (χ4n) is 1.54. The summed E-state index contributed by atoms with van der Waals surface area (Å²) in [4.78, 5) is 0. The molecule has 0 saturated heterocycles. The Bertz CT molecular complexity index is 587. The highest BCUT2D eigenvalue weighted by Gasteiger charge is 2.11. The van der Waals surface area contributed by atoms with Crippen LogP contribution in [0, 0.1) is 11.3 Å². The second-order valence-electron chi connectivity index (χ2n) is 3.58. The van der Waals surface area contributed by atoms with Gasteiger partial charge in [-0.1, -0.05) is 11.8 Å². The minimum Gasteiger partial charge on any atom is -0.494 e. The van der Waals surface area contributed by atoms with Crippen LogP contribution in [0.15, 0.2) is 29.4 Å². The minimum absolute atomic E-state index is 0.290. The second-order valence-corrected chi connectivity index (χ2v) is 4.52. The molecule has 0 atom stereocenters. The summed E-state index contributed by atoms with van der Waals surface area (Å²) in [5.74, 6) is 7.55. The predicted molar refractivity (Wildman–Crippen MR) is 73.1 cm³/mol. The Morgan fingerprint density at radius 1 is 1.37 bits per heavy atom. The lowest BCUT2D eigenvalue weighted by Gasteiger charge is -2.05. The maximum Gasteiger partial charge on any atom is 0.211 e. The van der Waals surface area contributed by atoms with Crippen molar-refractivity contribution in [1.29, 1.82) is 5.26 Å². The number of nitrogens with zero attached hydrogens (tertiary/aromatic N) is 4. The molecule has 0 aliphatic carbocycles. The van der Waals surface area contributed by atoms with Crippen molar-refractivity contribution in [3.05, 3.63) is 24.3 Å². The van der Waals surface area contributed by atoms with Crippen LogP contribution in [0.4, 0.5) is 0 Å². The van der Waals surface area contributed by atoms with E-state index in [1.165, 1.54) is 16.4 Å². The first-order chi connectivity index (χ1) is 9.26. The van der Waals surface area contributed by atoms with Gasteiger partial charge in [0.25, 0.3) is 0 Å². The zero-order chi connectivity index (χ0) is 13.7. The number of nitrogens with two attached hydrogens (primary N) is 1. The third kappa shape index (κ3) is 2.98. The van der Waals surface area contributed by atoms with Crippen LogP contribution in [0.5, 0.6) is 5.75 Å². The van der Waals surface area contributed by atoms with E-state index in [-0.39, 0.29) is 0 Å². The Balaban J connectivity index is 2.22. The quantitative estimate of drug-likeness (QED) is 0.659. The summed E-state index contributed by atoms with van der Waals surface area (Å²) in [6, 6.07) is 9.48. The number of rotatable bonds is 5. The lowest BCUT2D eigenvalue weighted by molar-refractivity contribution is 0.340. The SMILES string of the molecule is CCOc1ccc(-c2nnc(SCC#N)n2N)cc1. The first-order valence-electron chi connectivity index (χ1n) is 5.69. The summed E-state index contributed by atoms with van der Waals surface area (Å²) in [6.07, 6.45) is 0. The maximum absolute atomic E-state index is 8.54. The third-order valence-corrected chi connectivity index (χ3v) is 3.16. The molecule has 7 heteroatoms. The minimum atomic E-state index is 0.290. The zero-order valence-electron chi connectivity index (χ0n) is 10.4. The second kappa shape index (κ2) is 6.11. The molecule has 0 amide bonds. The number of thioether (sulfide) groups is 1. The van der Waals surface area contributed by atoms with E-state index in [1.54, 1.807) is 0 Å². The normalized spacial score (nSPS) is 10.1. The molecule has 1 aromatic heterocycles. The molecule has 98 valence electrons. The number of hydrogen-bond acceptors (Lipinski definition) is 6. The van der Waals surface area contributed by atoms with Gasteiger partial charge >= 0.3 is 0 Å². The molecule has 0 fully saturated rings. The summed E-state index contributed by atoms with van der Waals surface area (Å²) in [5, 5.41) is 17.0. The van der Waals surface area contributed by atoms with E-state index >= 15 is 0 Å². The monoisotopic (exact) mass is 275 g/mol. The molecule has 2 aromatic rings. The van der Waals surface area contributed by atoms with E-state index in [0.29, 0.717) is 23.3 Å². The predicted octanol–water partition coefficient (Wildman–Crippen LogP) is 1.67. The molecule has 0 bridgehead atoms. The van der Waals surface area contributed by atoms with Crippen LogP contribution in [0.2, 0.25) is 0 Å². The van der Waals surface area contributed by atoms with Crippen LogP contribution in [0.3, 0.4) is 0 Å². The van der Waals surface area contributed by atoms with Crippen molar-refractivity contribution >= 4 is 11.8 Å². The van der Waals surface area contributed by atoms with E-state index in [9.17, 15) is 0 Å². The Hall–Kier alpha value is -2.20. The highest BCUT2D eigenvalue weighted by atomic mass is 32.2. The first-order valence-corrected chi connectivity index (χ1v) is 6.68. The molecule has 0 spiro atoms. The standard InChI is InChI=1S/C12H13N5OS/c1-2-18-10-5-3-9(4-6-10)11-15-16-12(17(11)14)19-8-7-13/h3-6H,2,8,14H2,1H3. The van der Waals surface area contributed by atoms with Crippen molar-refractivity contribution in [3.63, 3.8) is 0 Å². The van der Waals surface area contributed by atoms with Gasteiger partial charge in [-0.2, -0.15) is 5.26 Å². The Morgan fingerprint density at radius 2 is 2.11 bits per heavy atom. The molecule has 19 heavy (non-hydrogen) atoms. The summed E-state index contributed by atoms with van der Waals surface area (Å²) < 4.78 is 6.76. The average Bonchev–Trinajstić information content (AvgIpc) is 2.79. The van der Waals surface area contributed by atoms with E-state index in [1.807, 2.05) is 37.3 Å². The van der Waals surface area contributed by atoms with Crippen molar-refractivity contribution in [2.24, 2.45) is 0 Å². The van der Waals surface area contributed by atoms with Crippen molar-refractivity contribution in [3.8, 4) is 23.2 Å². The number of nitrogen functional groups attached to an aromatic ring is 1. The van der Waals surface area contributed by atoms with Gasteiger partial charge in [0, 0.05) is 5.56 Å². The number of nitriles is 1. The van der Waals surface area contributed by atoms with Crippen LogP contribution in [-0.2, 0) is 0 Å². The zero-order valence-corrected chi connectivity index (χ0v) is 11.2. The topological polar surface area (TPSA) is 89.8 Å². The fraction of sp³-hybridized carbons (Fsp3) is 0.250. The highest BCUT2D eigenvalue weighted by molar-refractivity contribution is 7.99. The molecule has 0 aliphatic rings. The van der Waals surface area contributed by atoms with Crippen molar-refractivity contribution in [2.45, 2.75) is 12.1 Å². The summed E-state index contributed by atoms with van der Waals surface area (Å²) in [7, 11) is 0. The number of benzene rings is 1. The molecule has 6 nitrogen and oxygen atoms in total. The fourth-order valence-corrected chi connectivity index (χ4v) is 2.05. The number of hydrogen-bond donors (Lipinski definition) is 1. The van der Waals surface area contributed by atoms with E-state index in [0.717, 1.165) is 11.3 Å². The summed E-state index contributed by atoms with van der Waals surface area (Å²) >= 11 is 1.25. The number of ether oxygens (including phenoxy) is 1. The largest absolute Gasteiger partial charge is 0.494 e. The first kappa shape index (κ1) is 13.2. The van der Waals surface area contributed by atoms with Gasteiger partial charge in [0.1, 0.15) is 5.75 Å². The van der Waals surface area contributed by atoms with Gasteiger partial charge in [-0.15, -0.1) is 10.2 Å². The third-order valence-electron chi connectivity index (χ3n) is 2.35. The van der Waals surface area contributed by atoms with Gasteiger partial charge in [0.2, 0.25) is 5.16 Å². The lowest BCUT2D eigenvalue weighted by atomic mass is 10.2. The van der Waals surface area contributed by atoms with Crippen LogP contribution in [-0.4, -0.2) is 27.2 Å². The van der Waals surface area contributed by atoms with Gasteiger partial charge in [-0.05, 0) is 31.2 Å². The Morgan fingerprint density at radius 3 is 2.74 bits per heavy atom. The smallest absolute Gasteiger partial charge is 0.211 e. The van der Waals surface area contributed by atoms with Crippen molar-refractivity contribution < 1.29 is 4.74 Å². The van der Waals surface area contributed by atoms with E-state index in [4.69, 9.17) is 15.8 Å². The van der Waals surface area contributed by atoms with Gasteiger partial charge in [-0.25, -0.2) is 4.68 Å². The molecule has 0 unspecified atom stereocenters. The molecule has 0 saturated carbocycles. The Kier molecular flexibility index (Phi) is 4.26. The average molecular weight is 275 g/mol. The lowest BCUT2D eigenvalue weighted by Crippen LogP contribution is -2.11. The summed E-state index contributed by atoms with van der Waals surface area (Å²) in [5.41, 5.74) is 0.849. The van der Waals surface area contributed by atoms with Gasteiger partial charge < -0.3 is 10.6 Å². The molecular formula is C12H13N5OS. The number of aromatic nitrogens is 3. The van der Waals surface area contributed by atoms with E-state index in [2.05, 4.69) is 10.2 Å².